The van der Waals surface area contributed by atoms with Crippen molar-refractivity contribution in [3.8, 4) is 22.9 Å². The van der Waals surface area contributed by atoms with Crippen molar-refractivity contribution >= 4 is 21.8 Å². The zero-order valence-corrected chi connectivity index (χ0v) is 15.7. The number of hydrogen-bond acceptors (Lipinski definition) is 4. The van der Waals surface area contributed by atoms with E-state index in [2.05, 4.69) is 20.9 Å². The average Bonchev–Trinajstić information content (AvgIpc) is 2.91. The van der Waals surface area contributed by atoms with Crippen molar-refractivity contribution in [3.05, 3.63) is 64.1 Å². The van der Waals surface area contributed by atoms with Crippen molar-refractivity contribution in [3.63, 3.8) is 0 Å². The minimum atomic E-state index is -0.667. The second-order valence-electron chi connectivity index (χ2n) is 5.95. The summed E-state index contributed by atoms with van der Waals surface area (Å²) in [6.45, 7) is 0.802. The Morgan fingerprint density at radius 1 is 1.33 bits per heavy atom. The summed E-state index contributed by atoms with van der Waals surface area (Å²) >= 11 is 3.44. The van der Waals surface area contributed by atoms with Crippen LogP contribution in [-0.2, 0) is 13.2 Å². The number of imidazole rings is 1. The highest BCUT2D eigenvalue weighted by Crippen LogP contribution is 2.35. The minimum Gasteiger partial charge on any atom is -0.491 e. The quantitative estimate of drug-likeness (QED) is 0.685. The monoisotopic (exact) mass is 431 g/mol. The molecule has 0 aliphatic carbocycles. The summed E-state index contributed by atoms with van der Waals surface area (Å²) in [6.07, 6.45) is 0. The Bertz CT molecular complexity index is 1040. The van der Waals surface area contributed by atoms with Gasteiger partial charge in [0.15, 0.2) is 17.3 Å². The second-order valence-corrected chi connectivity index (χ2v) is 6.87. The molecule has 27 heavy (non-hydrogen) atoms. The Balaban J connectivity index is 1.79. The van der Waals surface area contributed by atoms with Crippen molar-refractivity contribution in [1.82, 2.24) is 9.55 Å². The SMILES string of the molecule is NC(=O)c1nc2n(c1COc1ccccc1F)CCOc1ccc(Br)cc1-2. The summed E-state index contributed by atoms with van der Waals surface area (Å²) in [5.41, 5.74) is 6.86. The standard InChI is InChI=1S/C19H15BrFN3O3/c20-11-5-6-15-12(9-11)19-23-17(18(22)25)14(24(19)7-8-26-15)10-27-16-4-2-1-3-13(16)21/h1-6,9H,7-8,10H2,(H2,22,25). The van der Waals surface area contributed by atoms with Gasteiger partial charge in [-0.25, -0.2) is 9.37 Å². The van der Waals surface area contributed by atoms with Crippen LogP contribution < -0.4 is 15.2 Å². The molecule has 2 aromatic carbocycles. The summed E-state index contributed by atoms with van der Waals surface area (Å²) in [5, 5.41) is 0. The first-order valence-corrected chi connectivity index (χ1v) is 9.03. The number of carbonyl (C=O) groups excluding carboxylic acids is 1. The smallest absolute Gasteiger partial charge is 0.269 e. The Morgan fingerprint density at radius 2 is 2.15 bits per heavy atom. The maximum Gasteiger partial charge on any atom is 0.269 e. The normalized spacial score (nSPS) is 12.5. The predicted molar refractivity (Wildman–Crippen MR) is 100 cm³/mol. The van der Waals surface area contributed by atoms with E-state index in [-0.39, 0.29) is 18.1 Å². The molecule has 0 saturated carbocycles. The number of halogens is 2. The number of fused-ring (bicyclic) bond motifs is 3. The fourth-order valence-electron chi connectivity index (χ4n) is 3.03. The highest BCUT2D eigenvalue weighted by atomic mass is 79.9. The van der Waals surface area contributed by atoms with Gasteiger partial charge in [-0.05, 0) is 30.3 Å². The van der Waals surface area contributed by atoms with Gasteiger partial charge >= 0.3 is 0 Å². The number of carbonyl (C=O) groups is 1. The first-order valence-electron chi connectivity index (χ1n) is 8.24. The molecule has 0 radical (unpaired) electrons. The topological polar surface area (TPSA) is 79.4 Å². The zero-order valence-electron chi connectivity index (χ0n) is 14.1. The number of nitrogens with two attached hydrogens (primary N) is 1. The first-order chi connectivity index (χ1) is 13.0. The molecule has 2 heterocycles. The minimum absolute atomic E-state index is 0.0461. The van der Waals surface area contributed by atoms with E-state index >= 15 is 0 Å². The largest absolute Gasteiger partial charge is 0.491 e. The van der Waals surface area contributed by atoms with E-state index in [1.165, 1.54) is 12.1 Å². The van der Waals surface area contributed by atoms with Gasteiger partial charge in [-0.2, -0.15) is 0 Å². The number of nitrogens with zero attached hydrogens (tertiary/aromatic N) is 2. The number of rotatable bonds is 4. The van der Waals surface area contributed by atoms with E-state index in [9.17, 15) is 9.18 Å². The van der Waals surface area contributed by atoms with E-state index < -0.39 is 11.7 Å². The second kappa shape index (κ2) is 7.03. The fraction of sp³-hybridized carbons (Fsp3) is 0.158. The van der Waals surface area contributed by atoms with Crippen molar-refractivity contribution in [2.24, 2.45) is 5.73 Å². The molecule has 138 valence electrons. The van der Waals surface area contributed by atoms with Crippen LogP contribution in [0, 0.1) is 5.82 Å². The molecule has 0 spiro atoms. The van der Waals surface area contributed by atoms with Gasteiger partial charge in [0.05, 0.1) is 17.8 Å². The number of primary amides is 1. The van der Waals surface area contributed by atoms with Crippen LogP contribution in [0.1, 0.15) is 16.2 Å². The van der Waals surface area contributed by atoms with Crippen LogP contribution >= 0.6 is 15.9 Å². The van der Waals surface area contributed by atoms with Gasteiger partial charge in [0.2, 0.25) is 0 Å². The molecule has 1 aliphatic rings. The van der Waals surface area contributed by atoms with Crippen molar-refractivity contribution in [2.45, 2.75) is 13.2 Å². The first kappa shape index (κ1) is 17.5. The summed E-state index contributed by atoms with van der Waals surface area (Å²) < 4.78 is 27.9. The van der Waals surface area contributed by atoms with E-state index in [1.54, 1.807) is 12.1 Å². The average molecular weight is 432 g/mol. The van der Waals surface area contributed by atoms with Crippen LogP contribution in [0.4, 0.5) is 4.39 Å². The van der Waals surface area contributed by atoms with E-state index in [0.717, 1.165) is 10.0 Å². The number of benzene rings is 2. The van der Waals surface area contributed by atoms with Crippen LogP contribution in [0.3, 0.4) is 0 Å². The van der Waals surface area contributed by atoms with Crippen LogP contribution in [0.5, 0.6) is 11.5 Å². The van der Waals surface area contributed by atoms with E-state index in [0.29, 0.717) is 30.4 Å². The maximum atomic E-state index is 13.9. The molecule has 3 aromatic rings. The molecule has 1 aromatic heterocycles. The van der Waals surface area contributed by atoms with Gasteiger partial charge in [0.25, 0.3) is 5.91 Å². The molecule has 6 nitrogen and oxygen atoms in total. The fourth-order valence-corrected chi connectivity index (χ4v) is 3.40. The molecule has 0 fully saturated rings. The Hall–Kier alpha value is -2.87. The third-order valence-corrected chi connectivity index (χ3v) is 4.76. The van der Waals surface area contributed by atoms with Crippen molar-refractivity contribution in [2.75, 3.05) is 6.61 Å². The third kappa shape index (κ3) is 3.28. The van der Waals surface area contributed by atoms with E-state index in [1.807, 2.05) is 22.8 Å². The van der Waals surface area contributed by atoms with Gasteiger partial charge < -0.3 is 19.8 Å². The number of para-hydroxylation sites is 1. The lowest BCUT2D eigenvalue weighted by Crippen LogP contribution is -2.18. The summed E-state index contributed by atoms with van der Waals surface area (Å²) in [6, 6.07) is 11.7. The third-order valence-electron chi connectivity index (χ3n) is 4.26. The Kier molecular flexibility index (Phi) is 4.57. The summed E-state index contributed by atoms with van der Waals surface area (Å²) in [7, 11) is 0. The predicted octanol–water partition coefficient (Wildman–Crippen LogP) is 3.52. The molecular weight excluding hydrogens is 417 g/mol. The van der Waals surface area contributed by atoms with E-state index in [4.69, 9.17) is 15.2 Å². The van der Waals surface area contributed by atoms with Crippen LogP contribution in [0.25, 0.3) is 11.4 Å². The summed E-state index contributed by atoms with van der Waals surface area (Å²) in [4.78, 5) is 16.4. The van der Waals surface area contributed by atoms with Crippen molar-refractivity contribution < 1.29 is 18.7 Å². The van der Waals surface area contributed by atoms with Crippen molar-refractivity contribution in [1.29, 1.82) is 0 Å². The molecule has 1 amide bonds. The lowest BCUT2D eigenvalue weighted by Gasteiger charge is -2.11. The molecule has 4 rings (SSSR count). The van der Waals surface area contributed by atoms with Gasteiger partial charge in [-0.3, -0.25) is 4.79 Å². The molecule has 1 aliphatic heterocycles. The molecule has 0 unspecified atom stereocenters. The Labute approximate surface area is 162 Å². The summed E-state index contributed by atoms with van der Waals surface area (Å²) in [5.74, 6) is 0.173. The molecular formula is C19H15BrFN3O3. The van der Waals surface area contributed by atoms with Gasteiger partial charge in [0.1, 0.15) is 24.8 Å². The van der Waals surface area contributed by atoms with Gasteiger partial charge in [-0.1, -0.05) is 28.1 Å². The molecule has 8 heteroatoms. The van der Waals surface area contributed by atoms with Gasteiger partial charge in [-0.15, -0.1) is 0 Å². The number of amides is 1. The lowest BCUT2D eigenvalue weighted by molar-refractivity contribution is 0.0993. The number of hydrogen-bond donors (Lipinski definition) is 1. The van der Waals surface area contributed by atoms with Crippen LogP contribution in [0.15, 0.2) is 46.9 Å². The highest BCUT2D eigenvalue weighted by Gasteiger charge is 2.26. The Morgan fingerprint density at radius 3 is 2.93 bits per heavy atom. The maximum absolute atomic E-state index is 13.9. The zero-order chi connectivity index (χ0) is 19.0. The van der Waals surface area contributed by atoms with Gasteiger partial charge in [0, 0.05) is 4.47 Å². The molecule has 2 N–H and O–H groups in total. The number of aromatic nitrogens is 2. The highest BCUT2D eigenvalue weighted by molar-refractivity contribution is 9.10. The van der Waals surface area contributed by atoms with Crippen LogP contribution in [0.2, 0.25) is 0 Å². The molecule has 0 atom stereocenters. The molecule has 0 bridgehead atoms. The molecule has 0 saturated heterocycles. The lowest BCUT2D eigenvalue weighted by atomic mass is 10.2. The number of ether oxygens (including phenoxy) is 2. The van der Waals surface area contributed by atoms with Crippen LogP contribution in [-0.4, -0.2) is 22.1 Å².